The lowest BCUT2D eigenvalue weighted by Crippen LogP contribution is -2.33. The van der Waals surface area contributed by atoms with E-state index in [0.717, 1.165) is 25.7 Å². The van der Waals surface area contributed by atoms with E-state index < -0.39 is 17.3 Å². The summed E-state index contributed by atoms with van der Waals surface area (Å²) in [7, 11) is 0. The molecule has 2 rings (SSSR count). The van der Waals surface area contributed by atoms with Crippen LogP contribution in [0.3, 0.4) is 0 Å². The van der Waals surface area contributed by atoms with Crippen LogP contribution >= 0.6 is 11.6 Å². The molecule has 114 valence electrons. The van der Waals surface area contributed by atoms with Crippen LogP contribution in [0.4, 0.5) is 4.39 Å². The lowest BCUT2D eigenvalue weighted by molar-refractivity contribution is 0.0213. The molecule has 0 saturated heterocycles. The van der Waals surface area contributed by atoms with E-state index in [9.17, 15) is 14.8 Å². The summed E-state index contributed by atoms with van der Waals surface area (Å²) < 4.78 is 14.1. The molecule has 1 fully saturated rings. The molecule has 0 spiro atoms. The molecule has 1 aromatic carbocycles. The Balaban J connectivity index is 2.22. The molecular formula is C17H21ClFNO. The maximum atomic E-state index is 14.1. The van der Waals surface area contributed by atoms with E-state index in [4.69, 9.17) is 11.6 Å². The minimum atomic E-state index is -1.12. The lowest BCUT2D eigenvalue weighted by atomic mass is 9.66. The maximum absolute atomic E-state index is 14.1. The highest BCUT2D eigenvalue weighted by atomic mass is 35.5. The second kappa shape index (κ2) is 6.77. The van der Waals surface area contributed by atoms with Crippen molar-refractivity contribution >= 4 is 11.6 Å². The highest BCUT2D eigenvalue weighted by molar-refractivity contribution is 6.30. The molecule has 0 bridgehead atoms. The molecule has 1 aliphatic carbocycles. The summed E-state index contributed by atoms with van der Waals surface area (Å²) in [6.07, 6.45) is 4.23. The number of aliphatic hydroxyl groups is 1. The highest BCUT2D eigenvalue weighted by Crippen LogP contribution is 2.48. The van der Waals surface area contributed by atoms with Gasteiger partial charge in [0, 0.05) is 5.56 Å². The van der Waals surface area contributed by atoms with E-state index in [1.165, 1.54) is 12.1 Å². The van der Waals surface area contributed by atoms with Crippen LogP contribution in [0.25, 0.3) is 0 Å². The Morgan fingerprint density at radius 3 is 2.71 bits per heavy atom. The van der Waals surface area contributed by atoms with Crippen LogP contribution in [0.15, 0.2) is 18.2 Å². The maximum Gasteiger partial charge on any atom is 0.147 e. The first-order valence-corrected chi connectivity index (χ1v) is 7.95. The SMILES string of the molecule is CCCC1CCC(C#N)(C(O)c2cccc(Cl)c2F)CC1. The van der Waals surface area contributed by atoms with Gasteiger partial charge in [0.25, 0.3) is 0 Å². The molecule has 0 heterocycles. The normalized spacial score (nSPS) is 27.1. The average molecular weight is 310 g/mol. The van der Waals surface area contributed by atoms with Crippen molar-refractivity contribution in [2.24, 2.45) is 11.3 Å². The molecule has 1 aromatic rings. The molecule has 0 aliphatic heterocycles. The minimum Gasteiger partial charge on any atom is -0.387 e. The van der Waals surface area contributed by atoms with Gasteiger partial charge in [-0.2, -0.15) is 5.26 Å². The third-order valence-electron chi connectivity index (χ3n) is 4.72. The van der Waals surface area contributed by atoms with Crippen molar-refractivity contribution in [1.82, 2.24) is 0 Å². The number of hydrogen-bond donors (Lipinski definition) is 1. The third-order valence-corrected chi connectivity index (χ3v) is 5.01. The van der Waals surface area contributed by atoms with Gasteiger partial charge in [0.1, 0.15) is 11.9 Å². The number of hydrogen-bond acceptors (Lipinski definition) is 2. The molecule has 1 unspecified atom stereocenters. The largest absolute Gasteiger partial charge is 0.387 e. The fourth-order valence-electron chi connectivity index (χ4n) is 3.37. The summed E-state index contributed by atoms with van der Waals surface area (Å²) in [5, 5.41) is 20.2. The summed E-state index contributed by atoms with van der Waals surface area (Å²) in [4.78, 5) is 0. The van der Waals surface area contributed by atoms with Crippen molar-refractivity contribution in [3.05, 3.63) is 34.6 Å². The molecule has 1 atom stereocenters. The molecule has 0 radical (unpaired) electrons. The number of nitriles is 1. The van der Waals surface area contributed by atoms with Crippen LogP contribution in [0.2, 0.25) is 5.02 Å². The van der Waals surface area contributed by atoms with Crippen LogP contribution in [-0.2, 0) is 0 Å². The lowest BCUT2D eigenvalue weighted by Gasteiger charge is -2.38. The van der Waals surface area contributed by atoms with Crippen LogP contribution in [0.5, 0.6) is 0 Å². The number of benzene rings is 1. The minimum absolute atomic E-state index is 0.0145. The van der Waals surface area contributed by atoms with Gasteiger partial charge in [-0.1, -0.05) is 43.5 Å². The molecular weight excluding hydrogens is 289 g/mol. The topological polar surface area (TPSA) is 44.0 Å². The van der Waals surface area contributed by atoms with Crippen LogP contribution in [0, 0.1) is 28.5 Å². The van der Waals surface area contributed by atoms with E-state index in [-0.39, 0.29) is 10.6 Å². The monoisotopic (exact) mass is 309 g/mol. The Bertz CT molecular complexity index is 532. The number of rotatable bonds is 4. The predicted octanol–water partition coefficient (Wildman–Crippen LogP) is 5.01. The molecule has 1 N–H and O–H groups in total. The van der Waals surface area contributed by atoms with Gasteiger partial charge < -0.3 is 5.11 Å². The standard InChI is InChI=1S/C17H21ClFNO/c1-2-4-12-7-9-17(11-20,10-8-12)16(21)13-5-3-6-14(18)15(13)19/h3,5-6,12,16,21H,2,4,7-10H2,1H3. The van der Waals surface area contributed by atoms with Crippen molar-refractivity contribution < 1.29 is 9.50 Å². The Labute approximate surface area is 130 Å². The average Bonchev–Trinajstić information content (AvgIpc) is 2.51. The van der Waals surface area contributed by atoms with E-state index in [1.54, 1.807) is 6.07 Å². The Morgan fingerprint density at radius 2 is 2.14 bits per heavy atom. The third kappa shape index (κ3) is 3.22. The van der Waals surface area contributed by atoms with Gasteiger partial charge in [-0.3, -0.25) is 0 Å². The smallest absolute Gasteiger partial charge is 0.147 e. The van der Waals surface area contributed by atoms with E-state index in [1.807, 2.05) is 0 Å². The Kier molecular flexibility index (Phi) is 5.24. The first kappa shape index (κ1) is 16.3. The van der Waals surface area contributed by atoms with Crippen molar-refractivity contribution in [3.63, 3.8) is 0 Å². The van der Waals surface area contributed by atoms with Crippen molar-refractivity contribution in [1.29, 1.82) is 5.26 Å². The van der Waals surface area contributed by atoms with E-state index >= 15 is 0 Å². The van der Waals surface area contributed by atoms with E-state index in [2.05, 4.69) is 13.0 Å². The fraction of sp³-hybridized carbons (Fsp3) is 0.588. The van der Waals surface area contributed by atoms with Gasteiger partial charge in [0.2, 0.25) is 0 Å². The Hall–Kier alpha value is -1.11. The molecule has 0 aromatic heterocycles. The van der Waals surface area contributed by atoms with E-state index in [0.29, 0.717) is 18.8 Å². The summed E-state index contributed by atoms with van der Waals surface area (Å²) in [5.41, 5.74) is -0.756. The Morgan fingerprint density at radius 1 is 1.48 bits per heavy atom. The fourth-order valence-corrected chi connectivity index (χ4v) is 3.55. The molecule has 0 amide bonds. The van der Waals surface area contributed by atoms with Crippen molar-refractivity contribution in [2.45, 2.75) is 51.6 Å². The van der Waals surface area contributed by atoms with Crippen LogP contribution < -0.4 is 0 Å². The number of halogens is 2. The van der Waals surface area contributed by atoms with Gasteiger partial charge in [-0.25, -0.2) is 4.39 Å². The summed E-state index contributed by atoms with van der Waals surface area (Å²) in [6, 6.07) is 6.84. The number of nitrogens with zero attached hydrogens (tertiary/aromatic N) is 1. The van der Waals surface area contributed by atoms with Gasteiger partial charge in [-0.15, -0.1) is 0 Å². The molecule has 21 heavy (non-hydrogen) atoms. The van der Waals surface area contributed by atoms with Crippen LogP contribution in [0.1, 0.15) is 57.1 Å². The molecule has 2 nitrogen and oxygen atoms in total. The molecule has 1 aliphatic rings. The second-order valence-corrected chi connectivity index (χ2v) is 6.45. The quantitative estimate of drug-likeness (QED) is 0.849. The second-order valence-electron chi connectivity index (χ2n) is 6.05. The summed E-state index contributed by atoms with van der Waals surface area (Å²) >= 11 is 5.78. The number of aliphatic hydroxyl groups excluding tert-OH is 1. The zero-order chi connectivity index (χ0) is 15.5. The zero-order valence-electron chi connectivity index (χ0n) is 12.3. The van der Waals surface area contributed by atoms with Gasteiger partial charge in [0.15, 0.2) is 0 Å². The highest BCUT2D eigenvalue weighted by Gasteiger charge is 2.43. The first-order valence-electron chi connectivity index (χ1n) is 7.57. The zero-order valence-corrected chi connectivity index (χ0v) is 13.0. The predicted molar refractivity (Wildman–Crippen MR) is 81.3 cm³/mol. The molecule has 1 saturated carbocycles. The summed E-state index contributed by atoms with van der Waals surface area (Å²) in [6.45, 7) is 2.16. The first-order chi connectivity index (χ1) is 10.0. The van der Waals surface area contributed by atoms with Gasteiger partial charge in [0.05, 0.1) is 16.5 Å². The van der Waals surface area contributed by atoms with Gasteiger partial charge in [-0.05, 0) is 37.7 Å². The van der Waals surface area contributed by atoms with Gasteiger partial charge >= 0.3 is 0 Å². The summed E-state index contributed by atoms with van der Waals surface area (Å²) in [5.74, 6) is 0.00450. The van der Waals surface area contributed by atoms with Crippen LogP contribution in [-0.4, -0.2) is 5.11 Å². The van der Waals surface area contributed by atoms with Crippen molar-refractivity contribution in [3.8, 4) is 6.07 Å². The van der Waals surface area contributed by atoms with Crippen molar-refractivity contribution in [2.75, 3.05) is 0 Å². The molecule has 4 heteroatoms.